The van der Waals surface area contributed by atoms with Gasteiger partial charge in [-0.15, -0.1) is 0 Å². The van der Waals surface area contributed by atoms with Crippen molar-refractivity contribution in [3.63, 3.8) is 0 Å². The van der Waals surface area contributed by atoms with Crippen LogP contribution in [-0.2, 0) is 20.9 Å². The fraction of sp³-hybridized carbons (Fsp3) is 0.182. The molecule has 1 fully saturated rings. The van der Waals surface area contributed by atoms with Crippen molar-refractivity contribution in [2.45, 2.75) is 30.7 Å². The van der Waals surface area contributed by atoms with Gasteiger partial charge in [0.05, 0.1) is 18.2 Å². The lowest BCUT2D eigenvalue weighted by atomic mass is 9.90. The predicted octanol–water partition coefficient (Wildman–Crippen LogP) is 5.16. The molecule has 0 spiro atoms. The molecule has 9 heteroatoms. The first kappa shape index (κ1) is 28.8. The standard InChI is InChI=1S/C33H31N5O3S/c1-22(36-31(40)28(23-11-5-3-6-12-23)24-13-7-4-8-14-24)30(39)37-26-18-16-25(17-19-26)29-32(41)38(33(34-2)42-29)21-27-15-9-10-20-35-27/h3-20,22,28-29H,21H2,1-2H3,(H,36,40)(H,37,39)/t22-,29?/m1/s1. The number of amides is 3. The lowest BCUT2D eigenvalue weighted by molar-refractivity contribution is -0.126. The Bertz CT molecular complexity index is 1520. The van der Waals surface area contributed by atoms with Crippen LogP contribution in [0.1, 0.15) is 40.5 Å². The normalized spacial score (nSPS) is 16.5. The van der Waals surface area contributed by atoms with E-state index in [0.717, 1.165) is 22.4 Å². The van der Waals surface area contributed by atoms with E-state index in [9.17, 15) is 14.4 Å². The van der Waals surface area contributed by atoms with Crippen LogP contribution in [0.25, 0.3) is 0 Å². The Kier molecular flexibility index (Phi) is 9.08. The molecule has 1 saturated heterocycles. The molecule has 5 rings (SSSR count). The molecule has 0 aliphatic carbocycles. The van der Waals surface area contributed by atoms with Crippen LogP contribution < -0.4 is 10.6 Å². The maximum Gasteiger partial charge on any atom is 0.247 e. The Hall–Kier alpha value is -4.76. The summed E-state index contributed by atoms with van der Waals surface area (Å²) in [7, 11) is 1.67. The van der Waals surface area contributed by atoms with Crippen LogP contribution in [0.2, 0.25) is 0 Å². The Morgan fingerprint density at radius 2 is 1.50 bits per heavy atom. The molecule has 1 unspecified atom stereocenters. The van der Waals surface area contributed by atoms with E-state index in [0.29, 0.717) is 17.4 Å². The Morgan fingerprint density at radius 1 is 0.881 bits per heavy atom. The average molecular weight is 578 g/mol. The Balaban J connectivity index is 1.22. The first-order valence-electron chi connectivity index (χ1n) is 13.6. The highest BCUT2D eigenvalue weighted by molar-refractivity contribution is 8.15. The summed E-state index contributed by atoms with van der Waals surface area (Å²) < 4.78 is 0. The topological polar surface area (TPSA) is 104 Å². The molecule has 0 radical (unpaired) electrons. The first-order chi connectivity index (χ1) is 20.4. The van der Waals surface area contributed by atoms with Gasteiger partial charge in [-0.2, -0.15) is 0 Å². The number of pyridine rings is 1. The number of rotatable bonds is 9. The second kappa shape index (κ2) is 13.3. The number of aromatic nitrogens is 1. The van der Waals surface area contributed by atoms with E-state index >= 15 is 0 Å². The van der Waals surface area contributed by atoms with Crippen LogP contribution in [0.4, 0.5) is 5.69 Å². The van der Waals surface area contributed by atoms with Gasteiger partial charge in [0, 0.05) is 18.9 Å². The number of amidine groups is 1. The molecule has 42 heavy (non-hydrogen) atoms. The number of anilines is 1. The molecule has 212 valence electrons. The fourth-order valence-electron chi connectivity index (χ4n) is 4.78. The third kappa shape index (κ3) is 6.58. The quantitative estimate of drug-likeness (QED) is 0.286. The number of nitrogens with one attached hydrogen (secondary N) is 2. The minimum absolute atomic E-state index is 0.0641. The molecule has 4 aromatic rings. The molecule has 0 bridgehead atoms. The van der Waals surface area contributed by atoms with E-state index in [-0.39, 0.29) is 17.7 Å². The van der Waals surface area contributed by atoms with E-state index in [4.69, 9.17) is 0 Å². The van der Waals surface area contributed by atoms with Gasteiger partial charge in [0.15, 0.2) is 5.17 Å². The van der Waals surface area contributed by atoms with E-state index in [1.807, 2.05) is 91.0 Å². The van der Waals surface area contributed by atoms with Crippen molar-refractivity contribution < 1.29 is 14.4 Å². The highest BCUT2D eigenvalue weighted by Crippen LogP contribution is 2.40. The highest BCUT2D eigenvalue weighted by Gasteiger charge is 2.38. The van der Waals surface area contributed by atoms with E-state index in [1.54, 1.807) is 37.2 Å². The number of nitrogens with zero attached hydrogens (tertiary/aromatic N) is 3. The fourth-order valence-corrected chi connectivity index (χ4v) is 5.90. The number of thioether (sulfide) groups is 1. The van der Waals surface area contributed by atoms with Crippen molar-refractivity contribution in [2.24, 2.45) is 4.99 Å². The molecular weight excluding hydrogens is 546 g/mol. The monoisotopic (exact) mass is 577 g/mol. The Morgan fingerprint density at radius 3 is 2.07 bits per heavy atom. The zero-order chi connectivity index (χ0) is 29.5. The molecule has 1 aliphatic heterocycles. The maximum atomic E-state index is 13.4. The van der Waals surface area contributed by atoms with E-state index < -0.39 is 17.2 Å². The summed E-state index contributed by atoms with van der Waals surface area (Å²) in [6, 6.07) is 31.0. The van der Waals surface area contributed by atoms with Gasteiger partial charge in [0.2, 0.25) is 17.7 Å². The van der Waals surface area contributed by atoms with Crippen molar-refractivity contribution in [1.29, 1.82) is 0 Å². The first-order valence-corrected chi connectivity index (χ1v) is 14.5. The molecule has 2 heterocycles. The van der Waals surface area contributed by atoms with Gasteiger partial charge in [-0.3, -0.25) is 29.3 Å². The third-order valence-corrected chi connectivity index (χ3v) is 8.27. The molecule has 1 aromatic heterocycles. The number of aliphatic imine (C=N–C) groups is 1. The highest BCUT2D eigenvalue weighted by atomic mass is 32.2. The summed E-state index contributed by atoms with van der Waals surface area (Å²) in [5.41, 5.74) is 3.85. The summed E-state index contributed by atoms with van der Waals surface area (Å²) in [5.74, 6) is -1.21. The van der Waals surface area contributed by atoms with Gasteiger partial charge < -0.3 is 10.6 Å². The zero-order valence-electron chi connectivity index (χ0n) is 23.3. The van der Waals surface area contributed by atoms with Crippen molar-refractivity contribution in [3.05, 3.63) is 132 Å². The van der Waals surface area contributed by atoms with Crippen molar-refractivity contribution in [3.8, 4) is 0 Å². The van der Waals surface area contributed by atoms with Crippen LogP contribution in [-0.4, -0.2) is 45.9 Å². The minimum atomic E-state index is -0.775. The van der Waals surface area contributed by atoms with Crippen LogP contribution >= 0.6 is 11.8 Å². The number of carbonyl (C=O) groups is 3. The van der Waals surface area contributed by atoms with E-state index in [2.05, 4.69) is 20.6 Å². The van der Waals surface area contributed by atoms with Crippen molar-refractivity contribution in [2.75, 3.05) is 12.4 Å². The number of hydrogen-bond acceptors (Lipinski definition) is 6. The van der Waals surface area contributed by atoms with Gasteiger partial charge in [0.1, 0.15) is 11.3 Å². The Labute approximate surface area is 249 Å². The lowest BCUT2D eigenvalue weighted by Gasteiger charge is -2.21. The number of benzene rings is 3. The summed E-state index contributed by atoms with van der Waals surface area (Å²) in [4.78, 5) is 50.0. The smallest absolute Gasteiger partial charge is 0.247 e. The average Bonchev–Trinajstić information content (AvgIpc) is 3.33. The van der Waals surface area contributed by atoms with Crippen molar-refractivity contribution >= 4 is 40.3 Å². The van der Waals surface area contributed by atoms with Crippen LogP contribution in [0.3, 0.4) is 0 Å². The summed E-state index contributed by atoms with van der Waals surface area (Å²) in [6.07, 6.45) is 1.70. The van der Waals surface area contributed by atoms with Gasteiger partial charge in [-0.25, -0.2) is 0 Å². The molecule has 2 N–H and O–H groups in total. The van der Waals surface area contributed by atoms with Crippen LogP contribution in [0.5, 0.6) is 0 Å². The second-order valence-corrected chi connectivity index (χ2v) is 10.9. The molecule has 8 nitrogen and oxygen atoms in total. The summed E-state index contributed by atoms with van der Waals surface area (Å²) >= 11 is 1.39. The van der Waals surface area contributed by atoms with E-state index in [1.165, 1.54) is 11.8 Å². The summed E-state index contributed by atoms with van der Waals surface area (Å²) in [6.45, 7) is 2.01. The van der Waals surface area contributed by atoms with Gasteiger partial charge in [-0.05, 0) is 47.9 Å². The zero-order valence-corrected chi connectivity index (χ0v) is 24.1. The second-order valence-electron chi connectivity index (χ2n) is 9.85. The molecule has 3 aromatic carbocycles. The lowest BCUT2D eigenvalue weighted by Crippen LogP contribution is -2.43. The van der Waals surface area contributed by atoms with Crippen LogP contribution in [0, 0.1) is 0 Å². The largest absolute Gasteiger partial charge is 0.344 e. The van der Waals surface area contributed by atoms with Crippen LogP contribution in [0.15, 0.2) is 114 Å². The molecule has 2 atom stereocenters. The number of hydrogen-bond donors (Lipinski definition) is 2. The SMILES string of the molecule is CN=C1SC(c2ccc(NC(=O)[C@@H](C)NC(=O)C(c3ccccc3)c3ccccc3)cc2)C(=O)N1Cc1ccccn1. The number of carbonyl (C=O) groups excluding carboxylic acids is 3. The van der Waals surface area contributed by atoms with Crippen molar-refractivity contribution in [1.82, 2.24) is 15.2 Å². The van der Waals surface area contributed by atoms with Gasteiger partial charge in [0.25, 0.3) is 0 Å². The predicted molar refractivity (Wildman–Crippen MR) is 166 cm³/mol. The summed E-state index contributed by atoms with van der Waals surface area (Å²) in [5, 5.41) is 5.94. The minimum Gasteiger partial charge on any atom is -0.344 e. The molecular formula is C33H31N5O3S. The molecule has 1 aliphatic rings. The molecule has 0 saturated carbocycles. The third-order valence-electron chi connectivity index (χ3n) is 6.94. The maximum absolute atomic E-state index is 13.4. The van der Waals surface area contributed by atoms with Gasteiger partial charge in [-0.1, -0.05) is 90.6 Å². The van der Waals surface area contributed by atoms with Gasteiger partial charge >= 0.3 is 0 Å². The molecule has 3 amide bonds.